The Morgan fingerprint density at radius 3 is 2.19 bits per heavy atom. The van der Waals surface area contributed by atoms with Crippen LogP contribution in [0.4, 0.5) is 9.57 Å². The van der Waals surface area contributed by atoms with Crippen LogP contribution in [-0.4, -0.2) is 16.8 Å². The number of sulfonamides is 1. The zero-order chi connectivity index (χ0) is 15.8. The van der Waals surface area contributed by atoms with Crippen LogP contribution in [0.25, 0.3) is 0 Å². The summed E-state index contributed by atoms with van der Waals surface area (Å²) in [5.74, 6) is 0. The molecule has 114 valence electrons. The Kier molecular flexibility index (Phi) is 4.50. The summed E-state index contributed by atoms with van der Waals surface area (Å²) in [5, 5.41) is 0. The quantitative estimate of drug-likeness (QED) is 0.811. The number of nitrogens with one attached hydrogen (secondary N) is 1. The van der Waals surface area contributed by atoms with Crippen molar-refractivity contribution in [2.24, 2.45) is 0 Å². The minimum absolute atomic E-state index is 0.0897. The van der Waals surface area contributed by atoms with Crippen molar-refractivity contribution in [3.63, 3.8) is 0 Å². The van der Waals surface area contributed by atoms with Crippen LogP contribution in [0.3, 0.4) is 0 Å². The molecule has 0 amide bonds. The zero-order valence-corrected chi connectivity index (χ0v) is 13.8. The molecule has 1 aromatic carbocycles. The molecule has 1 N–H and O–H groups in total. The third-order valence-electron chi connectivity index (χ3n) is 2.31. The Balaban J connectivity index is 2.50. The van der Waals surface area contributed by atoms with E-state index in [2.05, 4.69) is 0 Å². The average Bonchev–Trinajstić information content (AvgIpc) is 2.68. The van der Waals surface area contributed by atoms with Crippen LogP contribution >= 0.6 is 34.5 Å². The highest BCUT2D eigenvalue weighted by molar-refractivity contribution is 7.93. The van der Waals surface area contributed by atoms with Gasteiger partial charge in [-0.25, -0.2) is 8.42 Å². The minimum atomic E-state index is -5.08. The molecule has 0 aliphatic rings. The maximum Gasteiger partial charge on any atom is 0.334 e. The smallest absolute Gasteiger partial charge is 0.278 e. The molecule has 0 fully saturated rings. The normalized spacial score (nSPS) is 12.3. The predicted octanol–water partition coefficient (Wildman–Crippen LogP) is 3.51. The third-order valence-corrected chi connectivity index (χ3v) is 6.31. The molecule has 2 aromatic rings. The van der Waals surface area contributed by atoms with Gasteiger partial charge in [-0.1, -0.05) is 35.3 Å². The molecule has 1 aromatic heterocycles. The van der Waals surface area contributed by atoms with Gasteiger partial charge in [0.15, 0.2) is 0 Å². The van der Waals surface area contributed by atoms with Crippen LogP contribution in [0.5, 0.6) is 0 Å². The van der Waals surface area contributed by atoms with Crippen molar-refractivity contribution in [3.05, 3.63) is 39.0 Å². The molecule has 0 unspecified atom stereocenters. The van der Waals surface area contributed by atoms with Gasteiger partial charge in [-0.05, 0) is 18.2 Å². The van der Waals surface area contributed by atoms with Gasteiger partial charge in [0.1, 0.15) is 14.1 Å². The summed E-state index contributed by atoms with van der Waals surface area (Å²) in [5.41, 5.74) is -0.418. The van der Waals surface area contributed by atoms with Crippen molar-refractivity contribution in [3.8, 4) is 0 Å². The van der Waals surface area contributed by atoms with Gasteiger partial charge in [-0.15, -0.1) is 15.2 Å². The monoisotopic (exact) mass is 389 g/mol. The highest BCUT2D eigenvalue weighted by Gasteiger charge is 2.25. The van der Waals surface area contributed by atoms with E-state index in [4.69, 9.17) is 23.2 Å². The van der Waals surface area contributed by atoms with Crippen LogP contribution in [0.15, 0.2) is 40.1 Å². The van der Waals surface area contributed by atoms with Gasteiger partial charge < -0.3 is 0 Å². The van der Waals surface area contributed by atoms with Crippen LogP contribution in [0, 0.1) is 0 Å². The van der Waals surface area contributed by atoms with E-state index < -0.39 is 30.8 Å². The topological polar surface area (TPSA) is 80.3 Å². The third kappa shape index (κ3) is 3.67. The van der Waals surface area contributed by atoms with Gasteiger partial charge in [-0.2, -0.15) is 8.42 Å². The van der Waals surface area contributed by atoms with E-state index in [1.54, 1.807) is 0 Å². The molecular weight excluding hydrogens is 384 g/mol. The van der Waals surface area contributed by atoms with Gasteiger partial charge in [0.05, 0.1) is 10.0 Å². The Morgan fingerprint density at radius 2 is 1.67 bits per heavy atom. The van der Waals surface area contributed by atoms with E-state index in [9.17, 15) is 20.7 Å². The molecule has 0 aliphatic heterocycles. The fourth-order valence-electron chi connectivity index (χ4n) is 1.47. The van der Waals surface area contributed by atoms with Crippen molar-refractivity contribution in [2.45, 2.75) is 9.79 Å². The van der Waals surface area contributed by atoms with Crippen LogP contribution in [0.1, 0.15) is 0 Å². The van der Waals surface area contributed by atoms with Gasteiger partial charge in [-0.3, -0.25) is 4.72 Å². The summed E-state index contributed by atoms with van der Waals surface area (Å²) in [4.78, 5) is -1.10. The van der Waals surface area contributed by atoms with Crippen molar-refractivity contribution in [2.75, 3.05) is 4.72 Å². The predicted molar refractivity (Wildman–Crippen MR) is 79.9 cm³/mol. The lowest BCUT2D eigenvalue weighted by atomic mass is 10.3. The molecule has 11 heteroatoms. The lowest BCUT2D eigenvalue weighted by molar-refractivity contribution is 0.552. The van der Waals surface area contributed by atoms with E-state index in [0.717, 1.165) is 29.5 Å². The second-order valence-corrected chi connectivity index (χ2v) is 8.98. The van der Waals surface area contributed by atoms with Gasteiger partial charge in [0, 0.05) is 0 Å². The summed E-state index contributed by atoms with van der Waals surface area (Å²) in [6.07, 6.45) is 0. The van der Waals surface area contributed by atoms with Gasteiger partial charge in [0.25, 0.3) is 10.0 Å². The first-order chi connectivity index (χ1) is 9.61. The first kappa shape index (κ1) is 16.5. The van der Waals surface area contributed by atoms with E-state index in [1.807, 2.05) is 4.72 Å². The zero-order valence-electron chi connectivity index (χ0n) is 9.88. The van der Waals surface area contributed by atoms with E-state index in [0.29, 0.717) is 0 Å². The largest absolute Gasteiger partial charge is 0.334 e. The van der Waals surface area contributed by atoms with E-state index in [-0.39, 0.29) is 13.6 Å². The second-order valence-electron chi connectivity index (χ2n) is 3.73. The Labute approximate surface area is 134 Å². The van der Waals surface area contributed by atoms with Crippen LogP contribution < -0.4 is 4.72 Å². The molecule has 0 spiro atoms. The first-order valence-electron chi connectivity index (χ1n) is 5.12. The Hall–Kier alpha value is -0.870. The molecular formula is C10H6Cl2FNO4S3. The van der Waals surface area contributed by atoms with E-state index >= 15 is 0 Å². The number of thiophene rings is 1. The fraction of sp³-hybridized carbons (Fsp3) is 0. The maximum atomic E-state index is 13.1. The molecule has 21 heavy (non-hydrogen) atoms. The van der Waals surface area contributed by atoms with Gasteiger partial charge in [0.2, 0.25) is 0 Å². The summed E-state index contributed by atoms with van der Waals surface area (Å²) in [6, 6.07) is 5.79. The lowest BCUT2D eigenvalue weighted by Crippen LogP contribution is -2.14. The summed E-state index contributed by atoms with van der Waals surface area (Å²) in [6.45, 7) is 0. The SMILES string of the molecule is O=S(=O)(F)c1ccccc1NS(=O)(=O)c1cc(Cl)sc1Cl. The second kappa shape index (κ2) is 5.73. The highest BCUT2D eigenvalue weighted by atomic mass is 35.5. The molecule has 0 atom stereocenters. The molecule has 1 heterocycles. The summed E-state index contributed by atoms with van der Waals surface area (Å²) >= 11 is 12.2. The lowest BCUT2D eigenvalue weighted by Gasteiger charge is -2.09. The number of halogens is 3. The Bertz CT molecular complexity index is 893. The standard InChI is InChI=1S/C10H6Cl2FNO4S3/c11-9-5-8(10(12)19-9)21(17,18)14-6-3-1-2-4-7(6)20(13,15)16/h1-5,14H. The number of hydrogen-bond acceptors (Lipinski definition) is 5. The van der Waals surface area contributed by atoms with Crippen molar-refractivity contribution in [1.82, 2.24) is 0 Å². The minimum Gasteiger partial charge on any atom is -0.278 e. The summed E-state index contributed by atoms with van der Waals surface area (Å²) < 4.78 is 61.5. The molecule has 2 rings (SSSR count). The maximum absolute atomic E-state index is 13.1. The molecule has 0 aliphatic carbocycles. The van der Waals surface area contributed by atoms with Crippen LogP contribution in [0.2, 0.25) is 8.67 Å². The summed E-state index contributed by atoms with van der Waals surface area (Å²) in [7, 11) is -9.27. The number of anilines is 1. The molecule has 0 radical (unpaired) electrons. The first-order valence-corrected chi connectivity index (χ1v) is 9.56. The molecule has 0 saturated carbocycles. The van der Waals surface area contributed by atoms with Crippen molar-refractivity contribution < 1.29 is 20.7 Å². The van der Waals surface area contributed by atoms with Crippen molar-refractivity contribution in [1.29, 1.82) is 0 Å². The highest BCUT2D eigenvalue weighted by Crippen LogP contribution is 2.35. The van der Waals surface area contributed by atoms with Gasteiger partial charge >= 0.3 is 10.2 Å². The molecule has 5 nitrogen and oxygen atoms in total. The average molecular weight is 390 g/mol. The van der Waals surface area contributed by atoms with Crippen molar-refractivity contribution >= 4 is 60.5 Å². The fourth-order valence-corrected chi connectivity index (χ4v) is 5.39. The molecule has 0 saturated heterocycles. The molecule has 0 bridgehead atoms. The number of hydrogen-bond donors (Lipinski definition) is 1. The Morgan fingerprint density at radius 1 is 1.05 bits per heavy atom. The van der Waals surface area contributed by atoms with E-state index in [1.165, 1.54) is 12.1 Å². The number of rotatable bonds is 4. The number of benzene rings is 1. The number of para-hydroxylation sites is 1. The van der Waals surface area contributed by atoms with Crippen LogP contribution in [-0.2, 0) is 20.2 Å².